The van der Waals surface area contributed by atoms with E-state index in [2.05, 4.69) is 14.8 Å². The molecular weight excluding hydrogens is 323 g/mol. The average Bonchev–Trinajstić information content (AvgIpc) is 2.86. The number of hydrogen-bond acceptors (Lipinski definition) is 5. The van der Waals surface area contributed by atoms with Gasteiger partial charge in [-0.1, -0.05) is 0 Å². The van der Waals surface area contributed by atoms with Crippen molar-refractivity contribution in [2.45, 2.75) is 37.2 Å². The number of fused-ring (bicyclic) bond motifs is 1. The van der Waals surface area contributed by atoms with Crippen molar-refractivity contribution in [1.82, 2.24) is 19.5 Å². The van der Waals surface area contributed by atoms with Gasteiger partial charge in [-0.05, 0) is 25.5 Å². The number of nitrogens with one attached hydrogen (secondary N) is 1. The molecule has 1 aliphatic heterocycles. The number of aryl methyl sites for hydroxylation is 2. The van der Waals surface area contributed by atoms with Crippen LogP contribution in [0.5, 0.6) is 5.75 Å². The smallest absolute Gasteiger partial charge is 0.241 e. The number of rotatable bonds is 4. The van der Waals surface area contributed by atoms with Crippen LogP contribution in [0.3, 0.4) is 0 Å². The largest absolute Gasteiger partial charge is 0.494 e. The third-order valence-electron chi connectivity index (χ3n) is 3.72. The summed E-state index contributed by atoms with van der Waals surface area (Å²) >= 11 is 0. The first-order valence-electron chi connectivity index (χ1n) is 7.15. The van der Waals surface area contributed by atoms with Crippen molar-refractivity contribution >= 4 is 10.0 Å². The van der Waals surface area contributed by atoms with Gasteiger partial charge in [0.05, 0.1) is 18.6 Å². The molecule has 2 aromatic rings. The number of aromatic nitrogens is 3. The van der Waals surface area contributed by atoms with Crippen molar-refractivity contribution < 1.29 is 17.5 Å². The summed E-state index contributed by atoms with van der Waals surface area (Å²) in [6.45, 7) is 2.23. The molecule has 2 heterocycles. The predicted molar refractivity (Wildman–Crippen MR) is 80.1 cm³/mol. The second-order valence-corrected chi connectivity index (χ2v) is 7.12. The van der Waals surface area contributed by atoms with Crippen molar-refractivity contribution in [3.8, 4) is 5.75 Å². The Labute approximate surface area is 133 Å². The summed E-state index contributed by atoms with van der Waals surface area (Å²) in [5.74, 6) is 0.825. The summed E-state index contributed by atoms with van der Waals surface area (Å²) in [5.41, 5.74) is 0. The fourth-order valence-corrected chi connectivity index (χ4v) is 3.90. The van der Waals surface area contributed by atoms with Crippen LogP contribution in [-0.2, 0) is 23.0 Å². The Morgan fingerprint density at radius 2 is 2.22 bits per heavy atom. The van der Waals surface area contributed by atoms with Crippen LogP contribution in [0.2, 0.25) is 0 Å². The van der Waals surface area contributed by atoms with Gasteiger partial charge in [-0.3, -0.25) is 0 Å². The van der Waals surface area contributed by atoms with E-state index in [1.165, 1.54) is 19.2 Å². The Morgan fingerprint density at radius 1 is 1.43 bits per heavy atom. The lowest BCUT2D eigenvalue weighted by Crippen LogP contribution is -2.41. The quantitative estimate of drug-likeness (QED) is 0.898. The van der Waals surface area contributed by atoms with Gasteiger partial charge in [0.2, 0.25) is 10.0 Å². The Morgan fingerprint density at radius 3 is 2.96 bits per heavy atom. The molecule has 0 fully saturated rings. The minimum absolute atomic E-state index is 0.0312. The number of sulfonamides is 1. The molecule has 7 nitrogen and oxygen atoms in total. The first-order valence-corrected chi connectivity index (χ1v) is 8.63. The van der Waals surface area contributed by atoms with Gasteiger partial charge < -0.3 is 4.74 Å². The van der Waals surface area contributed by atoms with Crippen molar-refractivity contribution in [3.63, 3.8) is 0 Å². The van der Waals surface area contributed by atoms with E-state index in [1.54, 1.807) is 11.6 Å². The number of halogens is 1. The molecule has 1 N–H and O–H groups in total. The van der Waals surface area contributed by atoms with Gasteiger partial charge in [0.1, 0.15) is 11.6 Å². The summed E-state index contributed by atoms with van der Waals surface area (Å²) in [4.78, 5) is 4.26. The second kappa shape index (κ2) is 5.89. The number of hydrogen-bond donors (Lipinski definition) is 1. The number of methoxy groups -OCH3 is 1. The van der Waals surface area contributed by atoms with Gasteiger partial charge in [0, 0.05) is 18.5 Å². The van der Waals surface area contributed by atoms with Crippen molar-refractivity contribution in [2.24, 2.45) is 0 Å². The van der Waals surface area contributed by atoms with Crippen molar-refractivity contribution in [3.05, 3.63) is 35.7 Å². The molecule has 1 aliphatic rings. The summed E-state index contributed by atoms with van der Waals surface area (Å²) in [7, 11) is -2.47. The van der Waals surface area contributed by atoms with E-state index in [1.807, 2.05) is 0 Å². The van der Waals surface area contributed by atoms with E-state index < -0.39 is 15.8 Å². The lowest BCUT2D eigenvalue weighted by Gasteiger charge is -2.23. The van der Waals surface area contributed by atoms with Crippen LogP contribution in [0.1, 0.15) is 18.1 Å². The molecule has 9 heteroatoms. The van der Waals surface area contributed by atoms with Gasteiger partial charge in [-0.2, -0.15) is 5.10 Å². The monoisotopic (exact) mass is 340 g/mol. The lowest BCUT2D eigenvalue weighted by molar-refractivity contribution is 0.384. The number of ether oxygens (including phenoxy) is 1. The van der Waals surface area contributed by atoms with Crippen LogP contribution in [0, 0.1) is 12.7 Å². The third kappa shape index (κ3) is 3.20. The van der Waals surface area contributed by atoms with Gasteiger partial charge >= 0.3 is 0 Å². The molecule has 0 saturated carbocycles. The standard InChI is InChI=1S/C14H17FN4O3S/c1-9-16-14-6-3-10(8-19(14)17-9)18-23(20,21)11-4-5-12(15)13(7-11)22-2/h4-5,7,10,18H,3,6,8H2,1-2H3/t10-/m1/s1. The summed E-state index contributed by atoms with van der Waals surface area (Å²) < 4.78 is 47.5. The molecule has 0 bridgehead atoms. The first kappa shape index (κ1) is 15.9. The Hall–Kier alpha value is -2.00. The molecule has 1 atom stereocenters. The number of nitrogens with zero attached hydrogens (tertiary/aromatic N) is 3. The van der Waals surface area contributed by atoms with Crippen LogP contribution >= 0.6 is 0 Å². The molecule has 0 spiro atoms. The van der Waals surface area contributed by atoms with E-state index >= 15 is 0 Å². The van der Waals surface area contributed by atoms with E-state index in [0.717, 1.165) is 11.9 Å². The molecule has 1 aromatic carbocycles. The molecule has 0 aliphatic carbocycles. The zero-order valence-electron chi connectivity index (χ0n) is 12.8. The number of benzene rings is 1. The average molecular weight is 340 g/mol. The highest BCUT2D eigenvalue weighted by Crippen LogP contribution is 2.22. The highest BCUT2D eigenvalue weighted by atomic mass is 32.2. The first-order chi connectivity index (χ1) is 10.9. The molecule has 0 unspecified atom stereocenters. The van der Waals surface area contributed by atoms with E-state index in [4.69, 9.17) is 4.74 Å². The van der Waals surface area contributed by atoms with Gasteiger partial charge in [0.15, 0.2) is 11.6 Å². The Balaban J connectivity index is 1.79. The van der Waals surface area contributed by atoms with Gasteiger partial charge in [-0.15, -0.1) is 0 Å². The highest BCUT2D eigenvalue weighted by molar-refractivity contribution is 7.89. The van der Waals surface area contributed by atoms with Gasteiger partial charge in [0.25, 0.3) is 0 Å². The maximum Gasteiger partial charge on any atom is 0.241 e. The zero-order chi connectivity index (χ0) is 16.6. The SMILES string of the molecule is COc1cc(S(=O)(=O)N[C@@H]2CCc3nc(C)nn3C2)ccc1F. The van der Waals surface area contributed by atoms with Crippen molar-refractivity contribution in [2.75, 3.05) is 7.11 Å². The molecule has 0 amide bonds. The van der Waals surface area contributed by atoms with E-state index in [-0.39, 0.29) is 16.7 Å². The lowest BCUT2D eigenvalue weighted by atomic mass is 10.1. The zero-order valence-corrected chi connectivity index (χ0v) is 13.6. The van der Waals surface area contributed by atoms with E-state index in [9.17, 15) is 12.8 Å². The maximum absolute atomic E-state index is 13.4. The molecule has 1 aromatic heterocycles. The van der Waals surface area contributed by atoms with Crippen LogP contribution in [0.4, 0.5) is 4.39 Å². The maximum atomic E-state index is 13.4. The van der Waals surface area contributed by atoms with E-state index in [0.29, 0.717) is 25.2 Å². The minimum Gasteiger partial charge on any atom is -0.494 e. The molecule has 124 valence electrons. The topological polar surface area (TPSA) is 86.1 Å². The summed E-state index contributed by atoms with van der Waals surface area (Å²) in [6, 6.07) is 3.18. The summed E-state index contributed by atoms with van der Waals surface area (Å²) in [5, 5.41) is 4.24. The van der Waals surface area contributed by atoms with Crippen molar-refractivity contribution in [1.29, 1.82) is 0 Å². The van der Waals surface area contributed by atoms with Crippen LogP contribution in [-0.4, -0.2) is 36.3 Å². The van der Waals surface area contributed by atoms with Crippen LogP contribution in [0.25, 0.3) is 0 Å². The fourth-order valence-electron chi connectivity index (χ4n) is 2.62. The van der Waals surface area contributed by atoms with Crippen LogP contribution in [0.15, 0.2) is 23.1 Å². The molecule has 0 radical (unpaired) electrons. The normalized spacial score (nSPS) is 17.8. The second-order valence-electron chi connectivity index (χ2n) is 5.41. The third-order valence-corrected chi connectivity index (χ3v) is 5.24. The Bertz CT molecular complexity index is 835. The molecule has 3 rings (SSSR count). The summed E-state index contributed by atoms with van der Waals surface area (Å²) in [6.07, 6.45) is 1.29. The predicted octanol–water partition coefficient (Wildman–Crippen LogP) is 1.03. The van der Waals surface area contributed by atoms with Gasteiger partial charge in [-0.25, -0.2) is 27.2 Å². The molecule has 23 heavy (non-hydrogen) atoms. The molecular formula is C14H17FN4O3S. The minimum atomic E-state index is -3.76. The fraction of sp³-hybridized carbons (Fsp3) is 0.429. The van der Waals surface area contributed by atoms with Crippen LogP contribution < -0.4 is 9.46 Å². The highest BCUT2D eigenvalue weighted by Gasteiger charge is 2.26. The molecule has 0 saturated heterocycles. The Kier molecular flexibility index (Phi) is 4.07.